The Morgan fingerprint density at radius 3 is 2.67 bits per heavy atom. The number of hydrogen-bond acceptors (Lipinski definition) is 3. The third kappa shape index (κ3) is 3.05. The van der Waals surface area contributed by atoms with Crippen LogP contribution in [0.4, 0.5) is 4.79 Å². The molecule has 24 heavy (non-hydrogen) atoms. The molecule has 3 rings (SSSR count). The Hall–Kier alpha value is -1.89. The van der Waals surface area contributed by atoms with E-state index in [0.29, 0.717) is 18.0 Å². The summed E-state index contributed by atoms with van der Waals surface area (Å²) in [6.07, 6.45) is 2.28. The first-order chi connectivity index (χ1) is 11.3. The van der Waals surface area contributed by atoms with E-state index >= 15 is 0 Å². The molecule has 2 aliphatic rings. The molecule has 0 radical (unpaired) electrons. The van der Waals surface area contributed by atoms with Crippen LogP contribution >= 0.6 is 15.9 Å². The fraction of sp³-hybridized carbons (Fsp3) is 0.471. The third-order valence-electron chi connectivity index (χ3n) is 4.64. The molecule has 7 heteroatoms. The minimum atomic E-state index is -1.17. The number of halogens is 1. The van der Waals surface area contributed by atoms with Crippen LogP contribution in [0.1, 0.15) is 25.3 Å². The molecule has 6 nitrogen and oxygen atoms in total. The quantitative estimate of drug-likeness (QED) is 0.778. The molecular formula is C17H20BrN3O3. The summed E-state index contributed by atoms with van der Waals surface area (Å²) in [6, 6.07) is 6.71. The number of urea groups is 1. The maximum atomic E-state index is 12.8. The molecule has 1 N–H and O–H groups in total. The third-order valence-corrected chi connectivity index (χ3v) is 5.33. The van der Waals surface area contributed by atoms with Gasteiger partial charge in [-0.25, -0.2) is 4.79 Å². The molecule has 0 spiro atoms. The lowest BCUT2D eigenvalue weighted by atomic mass is 9.92. The van der Waals surface area contributed by atoms with Crippen molar-refractivity contribution in [3.05, 3.63) is 34.3 Å². The number of benzene rings is 1. The standard InChI is InChI=1S/C17H20BrN3O3/c1-17(12-5-3-4-6-13(12)18)15(23)21(16(24)19-17)10-14(22)20(2)9-11-7-8-11/h3-6,11H,7-10H2,1-2H3,(H,19,24)/t17-/m0/s1. The van der Waals surface area contributed by atoms with Crippen LogP contribution in [0.2, 0.25) is 0 Å². The van der Waals surface area contributed by atoms with Crippen molar-refractivity contribution in [1.29, 1.82) is 0 Å². The molecule has 1 aliphatic heterocycles. The van der Waals surface area contributed by atoms with Gasteiger partial charge in [0, 0.05) is 23.6 Å². The molecule has 0 unspecified atom stereocenters. The minimum absolute atomic E-state index is 0.221. The highest BCUT2D eigenvalue weighted by molar-refractivity contribution is 9.10. The molecule has 1 aromatic carbocycles. The second kappa shape index (κ2) is 6.20. The van der Waals surface area contributed by atoms with Gasteiger partial charge in [-0.3, -0.25) is 14.5 Å². The van der Waals surface area contributed by atoms with Gasteiger partial charge in [0.2, 0.25) is 5.91 Å². The van der Waals surface area contributed by atoms with Crippen LogP contribution in [-0.2, 0) is 15.1 Å². The Morgan fingerprint density at radius 1 is 1.38 bits per heavy atom. The van der Waals surface area contributed by atoms with Crippen molar-refractivity contribution in [2.75, 3.05) is 20.1 Å². The number of hydrogen-bond donors (Lipinski definition) is 1. The molecule has 1 saturated heterocycles. The van der Waals surface area contributed by atoms with E-state index < -0.39 is 17.5 Å². The second-order valence-corrected chi connectivity index (χ2v) is 7.50. The summed E-state index contributed by atoms with van der Waals surface area (Å²) in [7, 11) is 1.71. The molecule has 2 fully saturated rings. The highest BCUT2D eigenvalue weighted by Crippen LogP contribution is 2.33. The summed E-state index contributed by atoms with van der Waals surface area (Å²) in [5.74, 6) is -0.0676. The predicted octanol–water partition coefficient (Wildman–Crippen LogP) is 2.08. The van der Waals surface area contributed by atoms with E-state index in [2.05, 4.69) is 21.2 Å². The largest absolute Gasteiger partial charge is 0.344 e. The normalized spacial score (nSPS) is 23.4. The van der Waals surface area contributed by atoms with Crippen molar-refractivity contribution in [1.82, 2.24) is 15.1 Å². The van der Waals surface area contributed by atoms with Gasteiger partial charge < -0.3 is 10.2 Å². The summed E-state index contributed by atoms with van der Waals surface area (Å²) in [5.41, 5.74) is -0.503. The van der Waals surface area contributed by atoms with Gasteiger partial charge in [-0.05, 0) is 31.7 Å². The van der Waals surface area contributed by atoms with Crippen molar-refractivity contribution in [3.8, 4) is 0 Å². The summed E-state index contributed by atoms with van der Waals surface area (Å²) >= 11 is 3.42. The van der Waals surface area contributed by atoms with Crippen LogP contribution in [0.25, 0.3) is 0 Å². The van der Waals surface area contributed by atoms with E-state index in [1.165, 1.54) is 0 Å². The van der Waals surface area contributed by atoms with Gasteiger partial charge in [0.05, 0.1) is 0 Å². The number of carbonyl (C=O) groups excluding carboxylic acids is 3. The van der Waals surface area contributed by atoms with Gasteiger partial charge in [0.1, 0.15) is 12.1 Å². The predicted molar refractivity (Wildman–Crippen MR) is 92.1 cm³/mol. The Morgan fingerprint density at radius 2 is 2.04 bits per heavy atom. The van der Waals surface area contributed by atoms with Gasteiger partial charge in [-0.1, -0.05) is 34.1 Å². The molecule has 0 bridgehead atoms. The van der Waals surface area contributed by atoms with E-state index in [0.717, 1.165) is 22.2 Å². The summed E-state index contributed by atoms with van der Waals surface area (Å²) in [4.78, 5) is 40.0. The van der Waals surface area contributed by atoms with Crippen LogP contribution in [0.15, 0.2) is 28.7 Å². The smallest absolute Gasteiger partial charge is 0.325 e. The van der Waals surface area contributed by atoms with Crippen molar-refractivity contribution >= 4 is 33.8 Å². The first-order valence-electron chi connectivity index (χ1n) is 7.96. The van der Waals surface area contributed by atoms with E-state index in [9.17, 15) is 14.4 Å². The van der Waals surface area contributed by atoms with Gasteiger partial charge in [0.15, 0.2) is 0 Å². The molecule has 1 atom stereocenters. The second-order valence-electron chi connectivity index (χ2n) is 6.64. The molecular weight excluding hydrogens is 374 g/mol. The van der Waals surface area contributed by atoms with Crippen molar-refractivity contribution < 1.29 is 14.4 Å². The Bertz CT molecular complexity index is 704. The number of nitrogens with one attached hydrogen (secondary N) is 1. The molecule has 1 saturated carbocycles. The fourth-order valence-electron chi connectivity index (χ4n) is 2.94. The summed E-state index contributed by atoms with van der Waals surface area (Å²) in [6.45, 7) is 2.11. The van der Waals surface area contributed by atoms with Crippen molar-refractivity contribution in [3.63, 3.8) is 0 Å². The van der Waals surface area contributed by atoms with Gasteiger partial charge in [0.25, 0.3) is 5.91 Å². The number of nitrogens with zero attached hydrogens (tertiary/aromatic N) is 2. The molecule has 128 valence electrons. The number of likely N-dealkylation sites (N-methyl/N-ethyl adjacent to an activating group) is 1. The summed E-state index contributed by atoms with van der Waals surface area (Å²) in [5, 5.41) is 2.72. The Labute approximate surface area is 149 Å². The average molecular weight is 394 g/mol. The first kappa shape index (κ1) is 17.0. The number of rotatable bonds is 5. The fourth-order valence-corrected chi connectivity index (χ4v) is 3.62. The number of carbonyl (C=O) groups is 3. The van der Waals surface area contributed by atoms with Gasteiger partial charge in [-0.15, -0.1) is 0 Å². The van der Waals surface area contributed by atoms with Crippen molar-refractivity contribution in [2.24, 2.45) is 5.92 Å². The lowest BCUT2D eigenvalue weighted by molar-refractivity contribution is -0.138. The van der Waals surface area contributed by atoms with Gasteiger partial charge >= 0.3 is 6.03 Å². The Kier molecular flexibility index (Phi) is 4.38. The van der Waals surface area contributed by atoms with Crippen molar-refractivity contribution in [2.45, 2.75) is 25.3 Å². The topological polar surface area (TPSA) is 69.7 Å². The minimum Gasteiger partial charge on any atom is -0.344 e. The first-order valence-corrected chi connectivity index (χ1v) is 8.75. The van der Waals surface area contributed by atoms with E-state index in [-0.39, 0.29) is 12.5 Å². The van der Waals surface area contributed by atoms with Crippen LogP contribution in [-0.4, -0.2) is 47.8 Å². The van der Waals surface area contributed by atoms with Crippen LogP contribution in [0.5, 0.6) is 0 Å². The monoisotopic (exact) mass is 393 g/mol. The molecule has 1 aromatic rings. The molecule has 4 amide bonds. The van der Waals surface area contributed by atoms with E-state index in [1.807, 2.05) is 18.2 Å². The molecule has 0 aromatic heterocycles. The summed E-state index contributed by atoms with van der Waals surface area (Å²) < 4.78 is 0.736. The maximum Gasteiger partial charge on any atom is 0.325 e. The molecule has 1 heterocycles. The number of amides is 4. The zero-order valence-electron chi connectivity index (χ0n) is 13.7. The number of imide groups is 1. The molecule has 1 aliphatic carbocycles. The highest BCUT2D eigenvalue weighted by atomic mass is 79.9. The lowest BCUT2D eigenvalue weighted by Gasteiger charge is -2.24. The Balaban J connectivity index is 1.76. The van der Waals surface area contributed by atoms with Crippen LogP contribution < -0.4 is 5.32 Å². The van der Waals surface area contributed by atoms with Crippen LogP contribution in [0.3, 0.4) is 0 Å². The average Bonchev–Trinajstić information content (AvgIpc) is 3.32. The maximum absolute atomic E-state index is 12.8. The van der Waals surface area contributed by atoms with E-state index in [1.54, 1.807) is 24.9 Å². The van der Waals surface area contributed by atoms with E-state index in [4.69, 9.17) is 0 Å². The van der Waals surface area contributed by atoms with Gasteiger partial charge in [-0.2, -0.15) is 0 Å². The zero-order chi connectivity index (χ0) is 17.5. The lowest BCUT2D eigenvalue weighted by Crippen LogP contribution is -2.44. The highest BCUT2D eigenvalue weighted by Gasteiger charge is 2.50. The van der Waals surface area contributed by atoms with Crippen LogP contribution in [0, 0.1) is 5.92 Å². The SMILES string of the molecule is CN(CC1CC1)C(=O)CN1C(=O)N[C@@](C)(c2ccccc2Br)C1=O. The zero-order valence-corrected chi connectivity index (χ0v) is 15.3.